The van der Waals surface area contributed by atoms with E-state index in [-0.39, 0.29) is 24.5 Å². The van der Waals surface area contributed by atoms with Crippen molar-refractivity contribution in [1.82, 2.24) is 10.2 Å². The quantitative estimate of drug-likeness (QED) is 0.915. The van der Waals surface area contributed by atoms with Gasteiger partial charge in [0.15, 0.2) is 6.10 Å². The molecule has 1 N–H and O–H groups in total. The summed E-state index contributed by atoms with van der Waals surface area (Å²) in [5, 5.41) is 2.97. The van der Waals surface area contributed by atoms with Gasteiger partial charge in [-0.15, -0.1) is 0 Å². The van der Waals surface area contributed by atoms with Crippen LogP contribution >= 0.6 is 0 Å². The summed E-state index contributed by atoms with van der Waals surface area (Å²) in [6, 6.07) is 7.45. The van der Waals surface area contributed by atoms with Crippen LogP contribution in [-0.4, -0.2) is 43.0 Å². The summed E-state index contributed by atoms with van der Waals surface area (Å²) < 4.78 is 5.59. The first-order chi connectivity index (χ1) is 10.6. The Bertz CT molecular complexity index is 583. The molecule has 1 saturated heterocycles. The van der Waals surface area contributed by atoms with Crippen LogP contribution in [0, 0.1) is 12.8 Å². The second-order valence-corrected chi connectivity index (χ2v) is 6.23. The highest BCUT2D eigenvalue weighted by Crippen LogP contribution is 2.32. The molecule has 0 bridgehead atoms. The molecule has 0 radical (unpaired) electrons. The molecule has 2 aliphatic rings. The third kappa shape index (κ3) is 2.99. The van der Waals surface area contributed by atoms with Crippen LogP contribution in [0.5, 0.6) is 0 Å². The van der Waals surface area contributed by atoms with E-state index in [9.17, 15) is 9.59 Å². The molecule has 1 saturated carbocycles. The molecule has 0 spiro atoms. The largest absolute Gasteiger partial charge is 0.356 e. The molecule has 3 rings (SSSR count). The van der Waals surface area contributed by atoms with E-state index in [1.807, 2.05) is 31.2 Å². The smallest absolute Gasteiger partial charge is 0.251 e. The van der Waals surface area contributed by atoms with Gasteiger partial charge in [-0.25, -0.2) is 0 Å². The number of aryl methyl sites for hydroxylation is 1. The molecule has 2 fully saturated rings. The SMILES string of the molecule is Cc1ccccc1[C@@H]1[C@@H](C(=O)NCC2CC2)OCC(=O)N1C. The summed E-state index contributed by atoms with van der Waals surface area (Å²) in [4.78, 5) is 26.1. The van der Waals surface area contributed by atoms with Gasteiger partial charge in [-0.1, -0.05) is 24.3 Å². The maximum absolute atomic E-state index is 12.5. The number of nitrogens with zero attached hydrogens (tertiary/aromatic N) is 1. The van der Waals surface area contributed by atoms with Crippen molar-refractivity contribution < 1.29 is 14.3 Å². The Labute approximate surface area is 130 Å². The second kappa shape index (κ2) is 6.08. The Morgan fingerprint density at radius 3 is 2.77 bits per heavy atom. The van der Waals surface area contributed by atoms with Gasteiger partial charge in [0.2, 0.25) is 5.91 Å². The van der Waals surface area contributed by atoms with Gasteiger partial charge in [-0.2, -0.15) is 0 Å². The first-order valence-electron chi connectivity index (χ1n) is 7.78. The van der Waals surface area contributed by atoms with E-state index in [2.05, 4.69) is 5.32 Å². The number of carbonyl (C=O) groups excluding carboxylic acids is 2. The fourth-order valence-corrected chi connectivity index (χ4v) is 2.89. The molecule has 2 amide bonds. The molecule has 22 heavy (non-hydrogen) atoms. The lowest BCUT2D eigenvalue weighted by molar-refractivity contribution is -0.162. The highest BCUT2D eigenvalue weighted by molar-refractivity contribution is 5.86. The van der Waals surface area contributed by atoms with Gasteiger partial charge in [0, 0.05) is 13.6 Å². The molecule has 0 aromatic heterocycles. The van der Waals surface area contributed by atoms with E-state index in [0.29, 0.717) is 12.5 Å². The lowest BCUT2D eigenvalue weighted by atomic mass is 9.94. The minimum absolute atomic E-state index is 0.0413. The zero-order valence-electron chi connectivity index (χ0n) is 13.0. The summed E-state index contributed by atoms with van der Waals surface area (Å²) >= 11 is 0. The number of carbonyl (C=O) groups is 2. The van der Waals surface area contributed by atoms with Crippen LogP contribution in [0.1, 0.15) is 30.0 Å². The van der Waals surface area contributed by atoms with Crippen LogP contribution < -0.4 is 5.32 Å². The highest BCUT2D eigenvalue weighted by Gasteiger charge is 2.40. The Morgan fingerprint density at radius 1 is 1.36 bits per heavy atom. The average Bonchev–Trinajstić information content (AvgIpc) is 3.33. The Hall–Kier alpha value is -1.88. The molecule has 5 heteroatoms. The topological polar surface area (TPSA) is 58.6 Å². The maximum atomic E-state index is 12.5. The predicted octanol–water partition coefficient (Wildman–Crippen LogP) is 1.42. The maximum Gasteiger partial charge on any atom is 0.251 e. The summed E-state index contributed by atoms with van der Waals surface area (Å²) in [5.74, 6) is 0.391. The first-order valence-corrected chi connectivity index (χ1v) is 7.78. The Morgan fingerprint density at radius 2 is 2.09 bits per heavy atom. The fraction of sp³-hybridized carbons (Fsp3) is 0.529. The van der Waals surface area contributed by atoms with Gasteiger partial charge in [-0.3, -0.25) is 9.59 Å². The van der Waals surface area contributed by atoms with Crippen molar-refractivity contribution in [1.29, 1.82) is 0 Å². The van der Waals surface area contributed by atoms with Crippen molar-refractivity contribution in [2.45, 2.75) is 31.9 Å². The van der Waals surface area contributed by atoms with Crippen LogP contribution in [0.3, 0.4) is 0 Å². The lowest BCUT2D eigenvalue weighted by Crippen LogP contribution is -2.53. The van der Waals surface area contributed by atoms with Gasteiger partial charge < -0.3 is 15.0 Å². The Kier molecular flexibility index (Phi) is 4.16. The number of rotatable bonds is 4. The molecule has 118 valence electrons. The van der Waals surface area contributed by atoms with Crippen LogP contribution in [0.25, 0.3) is 0 Å². The molecule has 1 aromatic carbocycles. The molecule has 1 aliphatic heterocycles. The number of hydrogen-bond donors (Lipinski definition) is 1. The number of nitrogens with one attached hydrogen (secondary N) is 1. The summed E-state index contributed by atoms with van der Waals surface area (Å²) in [5.41, 5.74) is 2.02. The number of benzene rings is 1. The van der Waals surface area contributed by atoms with E-state index in [4.69, 9.17) is 4.74 Å². The molecule has 1 heterocycles. The minimum Gasteiger partial charge on any atom is -0.356 e. The van der Waals surface area contributed by atoms with Crippen molar-refractivity contribution in [2.24, 2.45) is 5.92 Å². The fourth-order valence-electron chi connectivity index (χ4n) is 2.89. The molecular formula is C17H22N2O3. The monoisotopic (exact) mass is 302 g/mol. The zero-order valence-corrected chi connectivity index (χ0v) is 13.0. The minimum atomic E-state index is -0.650. The molecule has 2 atom stereocenters. The van der Waals surface area contributed by atoms with E-state index < -0.39 is 6.10 Å². The molecule has 5 nitrogen and oxygen atoms in total. The van der Waals surface area contributed by atoms with Gasteiger partial charge in [0.25, 0.3) is 5.91 Å². The predicted molar refractivity (Wildman–Crippen MR) is 82.2 cm³/mol. The van der Waals surface area contributed by atoms with E-state index in [0.717, 1.165) is 11.1 Å². The number of hydrogen-bond acceptors (Lipinski definition) is 3. The van der Waals surface area contributed by atoms with Crippen LogP contribution in [-0.2, 0) is 14.3 Å². The third-order valence-electron chi connectivity index (χ3n) is 4.51. The van der Waals surface area contributed by atoms with Crippen LogP contribution in [0.2, 0.25) is 0 Å². The first kappa shape index (κ1) is 15.0. The van der Waals surface area contributed by atoms with E-state index in [1.54, 1.807) is 11.9 Å². The molecule has 1 aromatic rings. The van der Waals surface area contributed by atoms with E-state index in [1.165, 1.54) is 12.8 Å². The third-order valence-corrected chi connectivity index (χ3v) is 4.51. The molecule has 1 aliphatic carbocycles. The number of ether oxygens (including phenoxy) is 1. The van der Waals surface area contributed by atoms with E-state index >= 15 is 0 Å². The lowest BCUT2D eigenvalue weighted by Gasteiger charge is -2.38. The van der Waals surface area contributed by atoms with Gasteiger partial charge in [0.1, 0.15) is 6.61 Å². The van der Waals surface area contributed by atoms with Crippen molar-refractivity contribution in [2.75, 3.05) is 20.2 Å². The number of morpholine rings is 1. The van der Waals surface area contributed by atoms with Gasteiger partial charge in [0.05, 0.1) is 6.04 Å². The standard InChI is InChI=1S/C17H22N2O3/c1-11-5-3-4-6-13(11)15-16(22-10-14(20)19(15)2)17(21)18-9-12-7-8-12/h3-6,12,15-16H,7-10H2,1-2H3,(H,18,21)/t15-,16+/m1/s1. The number of amides is 2. The van der Waals surface area contributed by atoms with Crippen molar-refractivity contribution in [3.8, 4) is 0 Å². The van der Waals surface area contributed by atoms with Crippen LogP contribution in [0.4, 0.5) is 0 Å². The summed E-state index contributed by atoms with van der Waals surface area (Å²) in [6.45, 7) is 2.65. The van der Waals surface area contributed by atoms with Crippen molar-refractivity contribution >= 4 is 11.8 Å². The highest BCUT2D eigenvalue weighted by atomic mass is 16.5. The van der Waals surface area contributed by atoms with Crippen molar-refractivity contribution in [3.63, 3.8) is 0 Å². The Balaban J connectivity index is 1.83. The van der Waals surface area contributed by atoms with Gasteiger partial charge >= 0.3 is 0 Å². The van der Waals surface area contributed by atoms with Crippen LogP contribution in [0.15, 0.2) is 24.3 Å². The number of likely N-dealkylation sites (N-methyl/N-ethyl adjacent to an activating group) is 1. The second-order valence-electron chi connectivity index (χ2n) is 6.23. The normalized spacial score (nSPS) is 25.2. The summed E-state index contributed by atoms with van der Waals surface area (Å²) in [6.07, 6.45) is 1.72. The molecular weight excluding hydrogens is 280 g/mol. The van der Waals surface area contributed by atoms with Crippen molar-refractivity contribution in [3.05, 3.63) is 35.4 Å². The molecule has 0 unspecified atom stereocenters. The zero-order chi connectivity index (χ0) is 15.7. The van der Waals surface area contributed by atoms with Gasteiger partial charge in [-0.05, 0) is 36.8 Å². The summed E-state index contributed by atoms with van der Waals surface area (Å²) in [7, 11) is 1.74. The average molecular weight is 302 g/mol.